The molecule has 4 N–H and O–H groups in total. The lowest BCUT2D eigenvalue weighted by molar-refractivity contribution is -0.143. The molecule has 198 valence electrons. The van der Waals surface area contributed by atoms with Gasteiger partial charge < -0.3 is 30.5 Å². The second-order valence-electron chi connectivity index (χ2n) is 9.62. The summed E-state index contributed by atoms with van der Waals surface area (Å²) in [7, 11) is 0. The van der Waals surface area contributed by atoms with Gasteiger partial charge in [0, 0.05) is 13.1 Å². The molecule has 2 unspecified atom stereocenters. The minimum Gasteiger partial charge on any atom is -0.508 e. The van der Waals surface area contributed by atoms with Crippen LogP contribution in [-0.2, 0) is 14.3 Å². The Morgan fingerprint density at radius 3 is 2.29 bits per heavy atom. The number of carbonyl (C=O) groups is 3. The first-order valence-electron chi connectivity index (χ1n) is 12.5. The van der Waals surface area contributed by atoms with Crippen LogP contribution in [0.25, 0.3) is 0 Å². The van der Waals surface area contributed by atoms with Crippen LogP contribution < -0.4 is 10.6 Å². The number of benzene rings is 1. The van der Waals surface area contributed by atoms with Gasteiger partial charge in [-0.05, 0) is 51.3 Å². The summed E-state index contributed by atoms with van der Waals surface area (Å²) < 4.78 is 5.24. The number of phenols is 1. The van der Waals surface area contributed by atoms with Gasteiger partial charge in [-0.3, -0.25) is 9.59 Å². The summed E-state index contributed by atoms with van der Waals surface area (Å²) in [6.45, 7) is 9.21. The van der Waals surface area contributed by atoms with Crippen LogP contribution >= 0.6 is 0 Å². The van der Waals surface area contributed by atoms with Gasteiger partial charge in [0.2, 0.25) is 11.8 Å². The van der Waals surface area contributed by atoms with Crippen LogP contribution in [0, 0.1) is 0 Å². The van der Waals surface area contributed by atoms with Crippen molar-refractivity contribution in [2.24, 2.45) is 0 Å². The normalized spacial score (nSPS) is 13.0. The van der Waals surface area contributed by atoms with Crippen molar-refractivity contribution in [2.45, 2.75) is 90.8 Å². The van der Waals surface area contributed by atoms with E-state index in [2.05, 4.69) is 17.6 Å². The van der Waals surface area contributed by atoms with E-state index < -0.39 is 36.3 Å². The molecule has 0 fully saturated rings. The van der Waals surface area contributed by atoms with Crippen LogP contribution in [0.1, 0.15) is 84.7 Å². The van der Waals surface area contributed by atoms with Crippen LogP contribution in [-0.4, -0.2) is 64.4 Å². The zero-order valence-electron chi connectivity index (χ0n) is 21.8. The molecule has 3 amide bonds. The molecular weight excluding hydrogens is 450 g/mol. The third-order valence-electron chi connectivity index (χ3n) is 5.28. The number of phenolic OH excluding ortho intramolecular Hbond substituents is 1. The monoisotopic (exact) mass is 493 g/mol. The van der Waals surface area contributed by atoms with Crippen LogP contribution in [0.2, 0.25) is 0 Å². The Hall–Kier alpha value is -2.81. The Labute approximate surface area is 209 Å². The molecule has 0 spiro atoms. The predicted octanol–water partition coefficient (Wildman–Crippen LogP) is 3.64. The van der Waals surface area contributed by atoms with Crippen LogP contribution in [0.5, 0.6) is 5.75 Å². The standard InChI is InChI=1S/C26H43N3O6/c1-6-8-10-15-27-23(32)22(19-13-12-14-20(31)17-19)29(16-11-9-7-2)24(33)21(18-30)28-25(34)35-26(3,4)5/h12-14,17,21-22,30-31H,6-11,15-16,18H2,1-5H3,(H,27,32)(H,28,34). The highest BCUT2D eigenvalue weighted by atomic mass is 16.6. The van der Waals surface area contributed by atoms with E-state index in [1.165, 1.54) is 17.0 Å². The fraction of sp³-hybridized carbons (Fsp3) is 0.654. The Morgan fingerprint density at radius 1 is 1.06 bits per heavy atom. The van der Waals surface area contributed by atoms with Crippen molar-refractivity contribution in [3.8, 4) is 5.75 Å². The topological polar surface area (TPSA) is 128 Å². The number of hydrogen-bond donors (Lipinski definition) is 4. The fourth-order valence-corrected chi connectivity index (χ4v) is 3.59. The summed E-state index contributed by atoms with van der Waals surface area (Å²) in [6, 6.07) is 3.89. The van der Waals surface area contributed by atoms with Crippen molar-refractivity contribution >= 4 is 17.9 Å². The molecule has 0 aliphatic rings. The highest BCUT2D eigenvalue weighted by Crippen LogP contribution is 2.26. The van der Waals surface area contributed by atoms with Gasteiger partial charge in [0.15, 0.2) is 0 Å². The van der Waals surface area contributed by atoms with Gasteiger partial charge in [0.25, 0.3) is 0 Å². The Morgan fingerprint density at radius 2 is 1.71 bits per heavy atom. The third kappa shape index (κ3) is 11.0. The van der Waals surface area contributed by atoms with Crippen molar-refractivity contribution in [1.29, 1.82) is 0 Å². The Bertz CT molecular complexity index is 809. The molecule has 0 aromatic heterocycles. The van der Waals surface area contributed by atoms with E-state index in [-0.39, 0.29) is 18.2 Å². The molecule has 1 aromatic carbocycles. The van der Waals surface area contributed by atoms with E-state index in [1.807, 2.05) is 6.92 Å². The van der Waals surface area contributed by atoms with Crippen LogP contribution in [0.15, 0.2) is 24.3 Å². The molecule has 1 rings (SSSR count). The largest absolute Gasteiger partial charge is 0.508 e. The molecule has 9 nitrogen and oxygen atoms in total. The number of alkyl carbamates (subject to hydrolysis) is 1. The number of nitrogens with one attached hydrogen (secondary N) is 2. The van der Waals surface area contributed by atoms with Crippen LogP contribution in [0.3, 0.4) is 0 Å². The average molecular weight is 494 g/mol. The van der Waals surface area contributed by atoms with Gasteiger partial charge >= 0.3 is 6.09 Å². The molecule has 35 heavy (non-hydrogen) atoms. The maximum Gasteiger partial charge on any atom is 0.408 e. The number of aliphatic hydroxyl groups is 1. The zero-order chi connectivity index (χ0) is 26.4. The van der Waals surface area contributed by atoms with Crippen molar-refractivity contribution in [1.82, 2.24) is 15.5 Å². The number of hydrogen-bond acceptors (Lipinski definition) is 6. The number of aromatic hydroxyl groups is 1. The molecule has 1 aromatic rings. The van der Waals surface area contributed by atoms with E-state index in [9.17, 15) is 24.6 Å². The second-order valence-corrected chi connectivity index (χ2v) is 9.62. The van der Waals surface area contributed by atoms with Crippen molar-refractivity contribution in [3.05, 3.63) is 29.8 Å². The molecule has 2 atom stereocenters. The van der Waals surface area contributed by atoms with E-state index in [4.69, 9.17) is 4.74 Å². The van der Waals surface area contributed by atoms with Crippen molar-refractivity contribution in [3.63, 3.8) is 0 Å². The average Bonchev–Trinajstić information content (AvgIpc) is 2.78. The summed E-state index contributed by atoms with van der Waals surface area (Å²) in [5, 5.41) is 25.3. The highest BCUT2D eigenvalue weighted by molar-refractivity contribution is 5.92. The molecule has 0 heterocycles. The lowest BCUT2D eigenvalue weighted by atomic mass is 10.0. The quantitative estimate of drug-likeness (QED) is 0.293. The van der Waals surface area contributed by atoms with Crippen LogP contribution in [0.4, 0.5) is 4.79 Å². The van der Waals surface area contributed by atoms with Gasteiger partial charge in [0.1, 0.15) is 23.4 Å². The van der Waals surface area contributed by atoms with Crippen molar-refractivity contribution < 1.29 is 29.3 Å². The molecule has 9 heteroatoms. The summed E-state index contributed by atoms with van der Waals surface area (Å²) >= 11 is 0. The Kier molecular flexibility index (Phi) is 13.2. The summed E-state index contributed by atoms with van der Waals surface area (Å²) in [5.74, 6) is -1.02. The molecule has 0 aliphatic carbocycles. The minimum absolute atomic E-state index is 0.0298. The molecule has 0 saturated carbocycles. The number of amides is 3. The van der Waals surface area contributed by atoms with E-state index in [1.54, 1.807) is 32.9 Å². The first kappa shape index (κ1) is 30.2. The Balaban J connectivity index is 3.30. The lowest BCUT2D eigenvalue weighted by Gasteiger charge is -2.34. The first-order chi connectivity index (χ1) is 16.5. The van der Waals surface area contributed by atoms with Gasteiger partial charge in [-0.1, -0.05) is 51.7 Å². The number of unbranched alkanes of at least 4 members (excludes halogenated alkanes) is 4. The minimum atomic E-state index is -1.29. The highest BCUT2D eigenvalue weighted by Gasteiger charge is 2.36. The van der Waals surface area contributed by atoms with Gasteiger partial charge in [-0.15, -0.1) is 0 Å². The zero-order valence-corrected chi connectivity index (χ0v) is 21.8. The van der Waals surface area contributed by atoms with Crippen molar-refractivity contribution in [2.75, 3.05) is 19.7 Å². The molecule has 0 aliphatic heterocycles. The summed E-state index contributed by atoms with van der Waals surface area (Å²) in [6.07, 6.45) is 4.30. The number of carbonyl (C=O) groups excluding carboxylic acids is 3. The predicted molar refractivity (Wildman–Crippen MR) is 135 cm³/mol. The first-order valence-corrected chi connectivity index (χ1v) is 12.5. The van der Waals surface area contributed by atoms with Gasteiger partial charge in [-0.2, -0.15) is 0 Å². The molecule has 0 saturated heterocycles. The molecule has 0 bridgehead atoms. The number of aliphatic hydroxyl groups excluding tert-OH is 1. The van der Waals surface area contributed by atoms with E-state index >= 15 is 0 Å². The number of rotatable bonds is 14. The fourth-order valence-electron chi connectivity index (χ4n) is 3.59. The van der Waals surface area contributed by atoms with Gasteiger partial charge in [-0.25, -0.2) is 4.79 Å². The number of ether oxygens (including phenoxy) is 1. The van der Waals surface area contributed by atoms with Gasteiger partial charge in [0.05, 0.1) is 6.61 Å². The molecular formula is C26H43N3O6. The SMILES string of the molecule is CCCCCNC(=O)C(c1cccc(O)c1)N(CCCCC)C(=O)C(CO)NC(=O)OC(C)(C)C. The second kappa shape index (κ2) is 15.2. The maximum atomic E-state index is 13.6. The van der Waals surface area contributed by atoms with E-state index in [0.717, 1.165) is 32.1 Å². The summed E-state index contributed by atoms with van der Waals surface area (Å²) in [5.41, 5.74) is -0.340. The number of nitrogens with zero attached hydrogens (tertiary/aromatic N) is 1. The smallest absolute Gasteiger partial charge is 0.408 e. The summed E-state index contributed by atoms with van der Waals surface area (Å²) in [4.78, 5) is 40.6. The lowest BCUT2D eigenvalue weighted by Crippen LogP contribution is -2.54. The maximum absolute atomic E-state index is 13.6. The molecule has 0 radical (unpaired) electrons. The van der Waals surface area contributed by atoms with E-state index in [0.29, 0.717) is 18.5 Å². The third-order valence-corrected chi connectivity index (χ3v) is 5.28.